The number of fused-ring (bicyclic) bond motifs is 1. The Morgan fingerprint density at radius 1 is 1.22 bits per heavy atom. The first-order valence-electron chi connectivity index (χ1n) is 8.18. The van der Waals surface area contributed by atoms with Gasteiger partial charge in [0.05, 0.1) is 17.5 Å². The van der Waals surface area contributed by atoms with Crippen molar-refractivity contribution in [3.8, 4) is 5.88 Å². The number of rotatable bonds is 5. The summed E-state index contributed by atoms with van der Waals surface area (Å²) in [6, 6.07) is 9.13. The number of pyridine rings is 1. The van der Waals surface area contributed by atoms with Crippen molar-refractivity contribution in [2.45, 2.75) is 6.04 Å². The lowest BCUT2D eigenvalue weighted by atomic mass is 10.1. The molecular formula is C19H15FN4O2S. The molecule has 1 aliphatic rings. The van der Waals surface area contributed by atoms with Crippen LogP contribution >= 0.6 is 11.3 Å². The van der Waals surface area contributed by atoms with E-state index < -0.39 is 6.04 Å². The largest absolute Gasteiger partial charge is 0.492 e. The third kappa shape index (κ3) is 3.57. The van der Waals surface area contributed by atoms with Gasteiger partial charge >= 0.3 is 0 Å². The van der Waals surface area contributed by atoms with Gasteiger partial charge in [-0.15, -0.1) is 0 Å². The zero-order valence-electron chi connectivity index (χ0n) is 14.0. The smallest absolute Gasteiger partial charge is 0.231 e. The minimum atomic E-state index is -0.463. The Morgan fingerprint density at radius 3 is 2.81 bits per heavy atom. The molecule has 0 saturated carbocycles. The molecule has 0 fully saturated rings. The van der Waals surface area contributed by atoms with Crippen LogP contribution in [0.5, 0.6) is 5.88 Å². The topological polar surface area (TPSA) is 90.6 Å². The van der Waals surface area contributed by atoms with E-state index in [0.717, 1.165) is 16.7 Å². The molecule has 8 heteroatoms. The fraction of sp³-hybridized carbons (Fsp3) is 0.105. The number of allylic oxidation sites excluding steroid dienone is 1. The number of nitrogens with zero attached hydrogens (tertiary/aromatic N) is 3. The molecule has 3 aromatic rings. The van der Waals surface area contributed by atoms with Crippen molar-refractivity contribution in [3.63, 3.8) is 0 Å². The predicted octanol–water partition coefficient (Wildman–Crippen LogP) is 3.78. The number of halogens is 1. The van der Waals surface area contributed by atoms with E-state index in [1.54, 1.807) is 30.6 Å². The van der Waals surface area contributed by atoms with Crippen molar-refractivity contribution in [1.82, 2.24) is 9.97 Å². The number of aromatic hydroxyl groups is 1. The van der Waals surface area contributed by atoms with Gasteiger partial charge in [0.1, 0.15) is 5.82 Å². The van der Waals surface area contributed by atoms with Gasteiger partial charge < -0.3 is 15.5 Å². The maximum Gasteiger partial charge on any atom is 0.231 e. The van der Waals surface area contributed by atoms with Crippen LogP contribution in [0.2, 0.25) is 0 Å². The summed E-state index contributed by atoms with van der Waals surface area (Å²) in [4.78, 5) is 13.1. The standard InChI is InChI=1S/C19H15FN4O2S/c20-13-5-3-11(4-6-13)15(10-25)23-19-24-18(26)16(27-19)8-12-9-22-17-14(12)2-1-7-21-17/h1-9,15,25-26H,10H2,(H,23,24)/t15-/m0/s1. The number of thiazole rings is 1. The van der Waals surface area contributed by atoms with Crippen molar-refractivity contribution < 1.29 is 14.6 Å². The molecule has 0 spiro atoms. The Morgan fingerprint density at radius 2 is 2.04 bits per heavy atom. The van der Waals surface area contributed by atoms with Crippen LogP contribution in [0, 0.1) is 5.82 Å². The first kappa shape index (κ1) is 17.3. The molecule has 2 aromatic heterocycles. The molecule has 3 N–H and O–H groups in total. The van der Waals surface area contributed by atoms with Gasteiger partial charge in [-0.3, -0.25) is 0 Å². The highest BCUT2D eigenvalue weighted by Crippen LogP contribution is 2.36. The van der Waals surface area contributed by atoms with Crippen molar-refractivity contribution in [2.75, 3.05) is 11.9 Å². The van der Waals surface area contributed by atoms with Gasteiger partial charge in [-0.05, 0) is 35.9 Å². The van der Waals surface area contributed by atoms with Gasteiger partial charge in [0, 0.05) is 23.5 Å². The van der Waals surface area contributed by atoms with Crippen LogP contribution < -0.4 is 5.32 Å². The van der Waals surface area contributed by atoms with Crippen LogP contribution in [0.25, 0.3) is 11.6 Å². The highest BCUT2D eigenvalue weighted by Gasteiger charge is 2.17. The molecule has 0 bridgehead atoms. The van der Waals surface area contributed by atoms with Crippen molar-refractivity contribution in [3.05, 3.63) is 64.4 Å². The molecule has 4 rings (SSSR count). The average Bonchev–Trinajstić information content (AvgIpc) is 3.24. The Labute approximate surface area is 158 Å². The third-order valence-corrected chi connectivity index (χ3v) is 5.02. The van der Waals surface area contributed by atoms with Gasteiger partial charge in [0.25, 0.3) is 0 Å². The molecule has 6 nitrogen and oxygen atoms in total. The Kier molecular flexibility index (Phi) is 4.66. The number of nitrogens with one attached hydrogen (secondary N) is 1. The van der Waals surface area contributed by atoms with E-state index >= 15 is 0 Å². The van der Waals surface area contributed by atoms with E-state index in [1.165, 1.54) is 23.5 Å². The van der Waals surface area contributed by atoms with Gasteiger partial charge in [-0.2, -0.15) is 4.98 Å². The van der Waals surface area contributed by atoms with Crippen LogP contribution in [0.4, 0.5) is 15.3 Å². The number of benzene rings is 1. The summed E-state index contributed by atoms with van der Waals surface area (Å²) >= 11 is 1.25. The first-order valence-corrected chi connectivity index (χ1v) is 8.99. The summed E-state index contributed by atoms with van der Waals surface area (Å²) < 4.78 is 13.1. The molecular weight excluding hydrogens is 367 g/mol. The van der Waals surface area contributed by atoms with Crippen LogP contribution in [0.3, 0.4) is 0 Å². The lowest BCUT2D eigenvalue weighted by molar-refractivity contribution is 0.276. The average molecular weight is 382 g/mol. The number of aliphatic hydroxyl groups is 1. The second-order valence-electron chi connectivity index (χ2n) is 5.87. The fourth-order valence-corrected chi connectivity index (χ4v) is 3.60. The van der Waals surface area contributed by atoms with Gasteiger partial charge in [0.2, 0.25) is 5.88 Å². The van der Waals surface area contributed by atoms with Crippen LogP contribution in [0.15, 0.2) is 47.6 Å². The van der Waals surface area contributed by atoms with Crippen LogP contribution in [-0.4, -0.2) is 33.0 Å². The summed E-state index contributed by atoms with van der Waals surface area (Å²) in [5.41, 5.74) is 2.44. The molecule has 136 valence electrons. The summed E-state index contributed by atoms with van der Waals surface area (Å²) in [6.07, 6.45) is 5.16. The van der Waals surface area contributed by atoms with E-state index in [1.807, 2.05) is 12.1 Å². The Hall–Kier alpha value is -3.10. The second kappa shape index (κ2) is 7.26. The number of aromatic nitrogens is 2. The first-order chi connectivity index (χ1) is 13.1. The number of hydrogen-bond acceptors (Lipinski definition) is 7. The summed E-state index contributed by atoms with van der Waals surface area (Å²) in [5, 5.41) is 23.3. The van der Waals surface area contributed by atoms with Crippen molar-refractivity contribution >= 4 is 40.1 Å². The summed E-state index contributed by atoms with van der Waals surface area (Å²) in [7, 11) is 0. The second-order valence-corrected chi connectivity index (χ2v) is 6.90. The minimum absolute atomic E-state index is 0.114. The third-order valence-electron chi connectivity index (χ3n) is 4.10. The number of hydrogen-bond donors (Lipinski definition) is 3. The molecule has 1 aromatic carbocycles. The molecule has 0 radical (unpaired) electrons. The molecule has 0 unspecified atom stereocenters. The molecule has 1 aliphatic heterocycles. The SMILES string of the molecule is OC[C@H](Nc1nc(O)c(C=C2C=Nc3ncccc32)s1)c1ccc(F)cc1. The highest BCUT2D eigenvalue weighted by atomic mass is 32.1. The van der Waals surface area contributed by atoms with E-state index in [-0.39, 0.29) is 18.3 Å². The van der Waals surface area contributed by atoms with Gasteiger partial charge in [0.15, 0.2) is 10.9 Å². The Bertz CT molecular complexity index is 1030. The summed E-state index contributed by atoms with van der Waals surface area (Å²) in [5.74, 6) is 0.184. The molecule has 1 atom stereocenters. The quantitative estimate of drug-likeness (QED) is 0.625. The maximum absolute atomic E-state index is 13.1. The molecule has 0 amide bonds. The maximum atomic E-state index is 13.1. The van der Waals surface area contributed by atoms with E-state index in [0.29, 0.717) is 15.8 Å². The molecule has 0 saturated heterocycles. The number of aliphatic imine (C=N–C) groups is 1. The zero-order chi connectivity index (χ0) is 18.8. The van der Waals surface area contributed by atoms with Crippen molar-refractivity contribution in [2.24, 2.45) is 4.99 Å². The van der Waals surface area contributed by atoms with Gasteiger partial charge in [-0.25, -0.2) is 14.4 Å². The van der Waals surface area contributed by atoms with Gasteiger partial charge in [-0.1, -0.05) is 23.5 Å². The summed E-state index contributed by atoms with van der Waals surface area (Å²) in [6.45, 7) is -0.200. The predicted molar refractivity (Wildman–Crippen MR) is 104 cm³/mol. The van der Waals surface area contributed by atoms with E-state index in [2.05, 4.69) is 20.3 Å². The fourth-order valence-electron chi connectivity index (χ4n) is 2.74. The van der Waals surface area contributed by atoms with E-state index in [9.17, 15) is 14.6 Å². The van der Waals surface area contributed by atoms with Crippen LogP contribution in [-0.2, 0) is 0 Å². The highest BCUT2D eigenvalue weighted by molar-refractivity contribution is 7.16. The zero-order valence-corrected chi connectivity index (χ0v) is 14.8. The lowest BCUT2D eigenvalue weighted by Crippen LogP contribution is -2.14. The molecule has 0 aliphatic carbocycles. The lowest BCUT2D eigenvalue weighted by Gasteiger charge is -2.15. The number of anilines is 1. The normalized spacial score (nSPS) is 15.1. The monoisotopic (exact) mass is 382 g/mol. The van der Waals surface area contributed by atoms with Crippen molar-refractivity contribution in [1.29, 1.82) is 0 Å². The van der Waals surface area contributed by atoms with E-state index in [4.69, 9.17) is 0 Å². The van der Waals surface area contributed by atoms with Crippen LogP contribution in [0.1, 0.15) is 22.0 Å². The Balaban J connectivity index is 1.58. The molecule has 27 heavy (non-hydrogen) atoms. The minimum Gasteiger partial charge on any atom is -0.492 e. The number of aliphatic hydroxyl groups excluding tert-OH is 1. The molecule has 3 heterocycles.